The fourth-order valence-electron chi connectivity index (χ4n) is 1.97. The third kappa shape index (κ3) is 2.76. The average molecular weight is 303 g/mol. The Morgan fingerprint density at radius 1 is 1.20 bits per heavy atom. The van der Waals surface area contributed by atoms with Gasteiger partial charge in [0.2, 0.25) is 0 Å². The van der Waals surface area contributed by atoms with Crippen LogP contribution in [0.3, 0.4) is 0 Å². The van der Waals surface area contributed by atoms with Crippen LogP contribution in [0, 0.1) is 5.92 Å². The molecule has 1 aliphatic heterocycles. The third-order valence-electron chi connectivity index (χ3n) is 3.01. The van der Waals surface area contributed by atoms with E-state index >= 15 is 0 Å². The number of benzene rings is 1. The van der Waals surface area contributed by atoms with E-state index in [1.54, 1.807) is 0 Å². The molecule has 0 aromatic heterocycles. The number of rotatable bonds is 2. The van der Waals surface area contributed by atoms with Crippen LogP contribution in [0.4, 0.5) is 0 Å². The highest BCUT2D eigenvalue weighted by atomic mass is 35.5. The van der Waals surface area contributed by atoms with Crippen LogP contribution in [0.25, 0.3) is 0 Å². The molecule has 1 aliphatic carbocycles. The summed E-state index contributed by atoms with van der Waals surface area (Å²) in [4.78, 5) is 20.4. The molecule has 0 N–H and O–H groups in total. The smallest absolute Gasteiger partial charge is 0.261 e. The van der Waals surface area contributed by atoms with Gasteiger partial charge in [-0.1, -0.05) is 59.8 Å². The maximum atomic E-state index is 11.9. The summed E-state index contributed by atoms with van der Waals surface area (Å²) in [5.74, 6) is 0.175. The first kappa shape index (κ1) is 13.3. The van der Waals surface area contributed by atoms with Crippen LogP contribution in [0.1, 0.15) is 5.56 Å². The zero-order chi connectivity index (χ0) is 13.9. The maximum Gasteiger partial charge on any atom is 0.261 e. The van der Waals surface area contributed by atoms with Crippen molar-refractivity contribution in [1.82, 2.24) is 0 Å². The molecule has 0 fully saturated rings. The molecular weight excluding hydrogens is 292 g/mol. The highest BCUT2D eigenvalue weighted by Gasteiger charge is 2.26. The second-order valence-corrected chi connectivity index (χ2v) is 5.72. The summed E-state index contributed by atoms with van der Waals surface area (Å²) in [5.41, 5.74) is 1.77. The predicted molar refractivity (Wildman–Crippen MR) is 84.4 cm³/mol. The maximum absolute atomic E-state index is 11.9. The molecule has 1 atom stereocenters. The van der Waals surface area contributed by atoms with Crippen molar-refractivity contribution in [3.8, 4) is 0 Å². The molecule has 1 aromatic carbocycles. The van der Waals surface area contributed by atoms with Crippen molar-refractivity contribution in [2.45, 2.75) is 5.75 Å². The third-order valence-corrected chi connectivity index (χ3v) is 4.28. The standard InChI is InChI=1S/C15H11ClN2OS/c16-12-7-3-1-5-10(12)9-20-15-17-13-8-4-2-6-11(13)14(19)18-15/h1-8,11H,9H2. The van der Waals surface area contributed by atoms with Crippen LogP contribution < -0.4 is 0 Å². The second kappa shape index (κ2) is 5.77. The molecule has 0 radical (unpaired) electrons. The van der Waals surface area contributed by atoms with E-state index in [0.717, 1.165) is 11.3 Å². The number of hydrogen-bond acceptors (Lipinski definition) is 3. The minimum absolute atomic E-state index is 0.155. The summed E-state index contributed by atoms with van der Waals surface area (Å²) in [7, 11) is 0. The summed E-state index contributed by atoms with van der Waals surface area (Å²) < 4.78 is 0. The van der Waals surface area contributed by atoms with Crippen LogP contribution in [0.5, 0.6) is 0 Å². The van der Waals surface area contributed by atoms with Crippen LogP contribution in [-0.2, 0) is 10.5 Å². The molecule has 1 heterocycles. The van der Waals surface area contributed by atoms with Gasteiger partial charge in [0.25, 0.3) is 5.91 Å². The number of amides is 1. The number of halogens is 1. The van der Waals surface area contributed by atoms with Gasteiger partial charge in [-0.2, -0.15) is 4.99 Å². The topological polar surface area (TPSA) is 41.8 Å². The van der Waals surface area contributed by atoms with Crippen LogP contribution in [0.15, 0.2) is 58.6 Å². The minimum atomic E-state index is -0.315. The van der Waals surface area contributed by atoms with E-state index in [1.165, 1.54) is 11.8 Å². The lowest BCUT2D eigenvalue weighted by Crippen LogP contribution is -2.26. The van der Waals surface area contributed by atoms with Gasteiger partial charge in [0.05, 0.1) is 5.71 Å². The van der Waals surface area contributed by atoms with E-state index in [4.69, 9.17) is 11.6 Å². The fraction of sp³-hybridized carbons (Fsp3) is 0.133. The van der Waals surface area contributed by atoms with Crippen LogP contribution >= 0.6 is 23.4 Å². The highest BCUT2D eigenvalue weighted by Crippen LogP contribution is 2.25. The molecule has 0 spiro atoms. The van der Waals surface area contributed by atoms with Crippen molar-refractivity contribution >= 4 is 40.1 Å². The summed E-state index contributed by atoms with van der Waals surface area (Å²) in [6.07, 6.45) is 7.40. The molecule has 1 aromatic rings. The fourth-order valence-corrected chi connectivity index (χ4v) is 3.11. The zero-order valence-corrected chi connectivity index (χ0v) is 12.1. The Morgan fingerprint density at radius 3 is 2.90 bits per heavy atom. The van der Waals surface area contributed by atoms with E-state index in [0.29, 0.717) is 15.9 Å². The normalized spacial score (nSPS) is 20.4. The molecule has 0 bridgehead atoms. The quantitative estimate of drug-likeness (QED) is 0.836. The monoisotopic (exact) mass is 302 g/mol. The van der Waals surface area contributed by atoms with Gasteiger partial charge in [-0.3, -0.25) is 4.79 Å². The molecule has 1 amide bonds. The summed E-state index contributed by atoms with van der Waals surface area (Å²) in [6.45, 7) is 0. The zero-order valence-electron chi connectivity index (χ0n) is 10.5. The number of thioether (sulfide) groups is 1. The largest absolute Gasteiger partial charge is 0.271 e. The number of allylic oxidation sites excluding steroid dienone is 3. The summed E-state index contributed by atoms with van der Waals surface area (Å²) >= 11 is 7.53. The van der Waals surface area contributed by atoms with E-state index < -0.39 is 0 Å². The van der Waals surface area contributed by atoms with E-state index in [2.05, 4.69) is 9.98 Å². The van der Waals surface area contributed by atoms with Gasteiger partial charge in [-0.25, -0.2) is 4.99 Å². The number of hydrogen-bond donors (Lipinski definition) is 0. The molecule has 3 nitrogen and oxygen atoms in total. The van der Waals surface area contributed by atoms with Crippen LogP contribution in [-0.4, -0.2) is 16.8 Å². The van der Waals surface area contributed by atoms with Crippen molar-refractivity contribution in [2.75, 3.05) is 0 Å². The lowest BCUT2D eigenvalue weighted by atomic mass is 9.97. The summed E-state index contributed by atoms with van der Waals surface area (Å²) in [5, 5.41) is 1.22. The number of aliphatic imine (C=N–C) groups is 2. The van der Waals surface area contributed by atoms with E-state index in [1.807, 2.05) is 48.6 Å². The molecule has 20 heavy (non-hydrogen) atoms. The summed E-state index contributed by atoms with van der Waals surface area (Å²) in [6, 6.07) is 7.63. The van der Waals surface area contributed by atoms with E-state index in [9.17, 15) is 4.79 Å². The lowest BCUT2D eigenvalue weighted by molar-refractivity contribution is -0.118. The van der Waals surface area contributed by atoms with Crippen LogP contribution in [0.2, 0.25) is 5.02 Å². The van der Waals surface area contributed by atoms with Gasteiger partial charge in [0, 0.05) is 10.8 Å². The van der Waals surface area contributed by atoms with Crippen molar-refractivity contribution in [2.24, 2.45) is 15.9 Å². The van der Waals surface area contributed by atoms with Gasteiger partial charge >= 0.3 is 0 Å². The number of nitrogens with zero attached hydrogens (tertiary/aromatic N) is 2. The Hall–Kier alpha value is -1.65. The molecule has 3 rings (SSSR count). The second-order valence-electron chi connectivity index (χ2n) is 4.37. The number of amidine groups is 1. The minimum Gasteiger partial charge on any atom is -0.271 e. The molecule has 0 saturated heterocycles. The van der Waals surface area contributed by atoms with Gasteiger partial charge in [0.15, 0.2) is 5.17 Å². The van der Waals surface area contributed by atoms with Crippen molar-refractivity contribution in [1.29, 1.82) is 0 Å². The Kier molecular flexibility index (Phi) is 3.85. The number of fused-ring (bicyclic) bond motifs is 1. The average Bonchev–Trinajstić information content (AvgIpc) is 2.46. The van der Waals surface area contributed by atoms with Gasteiger partial charge in [-0.15, -0.1) is 0 Å². The van der Waals surface area contributed by atoms with Gasteiger partial charge in [-0.05, 0) is 17.7 Å². The van der Waals surface area contributed by atoms with Crippen molar-refractivity contribution in [3.05, 3.63) is 59.2 Å². The lowest BCUT2D eigenvalue weighted by Gasteiger charge is -2.17. The first-order valence-electron chi connectivity index (χ1n) is 6.16. The van der Waals surface area contributed by atoms with Crippen molar-refractivity contribution in [3.63, 3.8) is 0 Å². The number of carbonyl (C=O) groups is 1. The highest BCUT2D eigenvalue weighted by molar-refractivity contribution is 8.13. The van der Waals surface area contributed by atoms with Gasteiger partial charge < -0.3 is 0 Å². The Bertz CT molecular complexity index is 676. The predicted octanol–water partition coefficient (Wildman–Crippen LogP) is 3.65. The Labute approximate surface area is 126 Å². The van der Waals surface area contributed by atoms with Crippen molar-refractivity contribution < 1.29 is 4.79 Å². The van der Waals surface area contributed by atoms with E-state index in [-0.39, 0.29) is 11.8 Å². The first-order valence-corrected chi connectivity index (χ1v) is 7.52. The molecule has 0 saturated carbocycles. The SMILES string of the molecule is O=C1N=C(SCc2ccccc2Cl)N=C2C=CC=CC12. The Morgan fingerprint density at radius 2 is 2.05 bits per heavy atom. The molecule has 2 aliphatic rings. The molecule has 100 valence electrons. The van der Waals surface area contributed by atoms with Gasteiger partial charge in [0.1, 0.15) is 5.92 Å². The molecular formula is C15H11ClN2OS. The number of carbonyl (C=O) groups excluding carboxylic acids is 1. The Balaban J connectivity index is 1.74. The first-order chi connectivity index (χ1) is 9.74. The molecule has 1 unspecified atom stereocenters. The molecule has 5 heteroatoms.